The van der Waals surface area contributed by atoms with Gasteiger partial charge in [-0.2, -0.15) is 12.7 Å². The molecule has 0 aliphatic heterocycles. The van der Waals surface area contributed by atoms with E-state index in [4.69, 9.17) is 23.2 Å². The van der Waals surface area contributed by atoms with Crippen molar-refractivity contribution in [2.24, 2.45) is 0 Å². The molecule has 36 heavy (non-hydrogen) atoms. The first-order valence-electron chi connectivity index (χ1n) is 11.3. The molecule has 0 spiro atoms. The number of carbonyl (C=O) groups excluding carboxylic acids is 2. The number of para-hydroxylation sites is 1. The second-order valence-electron chi connectivity index (χ2n) is 8.56. The zero-order valence-corrected chi connectivity index (χ0v) is 23.2. The van der Waals surface area contributed by atoms with E-state index in [9.17, 15) is 22.4 Å². The zero-order valence-electron chi connectivity index (χ0n) is 20.8. The van der Waals surface area contributed by atoms with Crippen molar-refractivity contribution in [3.63, 3.8) is 0 Å². The fraction of sp³-hybridized carbons (Fsp3) is 0.417. The topological polar surface area (TPSA) is 90.0 Å². The third kappa shape index (κ3) is 7.09. The first-order valence-corrected chi connectivity index (χ1v) is 13.4. The first kappa shape index (κ1) is 29.8. The summed E-state index contributed by atoms with van der Waals surface area (Å²) in [4.78, 5) is 28.0. The Hall–Kier alpha value is -2.40. The van der Waals surface area contributed by atoms with E-state index in [1.807, 2.05) is 0 Å². The van der Waals surface area contributed by atoms with Crippen molar-refractivity contribution < 1.29 is 22.4 Å². The molecular formula is C24H31Cl2FN4O4S. The third-order valence-electron chi connectivity index (χ3n) is 5.35. The van der Waals surface area contributed by atoms with Crippen LogP contribution in [-0.4, -0.2) is 62.2 Å². The van der Waals surface area contributed by atoms with Gasteiger partial charge < -0.3 is 10.2 Å². The average molecular weight is 562 g/mol. The third-order valence-corrected chi connectivity index (χ3v) is 7.86. The second kappa shape index (κ2) is 12.7. The lowest BCUT2D eigenvalue weighted by atomic mass is 10.1. The Kier molecular flexibility index (Phi) is 10.5. The van der Waals surface area contributed by atoms with E-state index in [0.29, 0.717) is 9.87 Å². The van der Waals surface area contributed by atoms with E-state index < -0.39 is 40.4 Å². The number of amides is 2. The minimum absolute atomic E-state index is 0.158. The van der Waals surface area contributed by atoms with Gasteiger partial charge in [0.05, 0.1) is 5.69 Å². The van der Waals surface area contributed by atoms with E-state index in [0.717, 1.165) is 10.4 Å². The van der Waals surface area contributed by atoms with Crippen LogP contribution in [-0.2, 0) is 26.3 Å². The molecule has 198 valence electrons. The molecule has 0 radical (unpaired) electrons. The summed E-state index contributed by atoms with van der Waals surface area (Å²) in [7, 11) is -1.72. The van der Waals surface area contributed by atoms with Crippen LogP contribution < -0.4 is 9.62 Å². The van der Waals surface area contributed by atoms with Crippen molar-refractivity contribution in [2.75, 3.05) is 24.9 Å². The normalized spacial score (nSPS) is 12.5. The Balaban J connectivity index is 2.58. The number of hydrogen-bond donors (Lipinski definition) is 1. The maximum atomic E-state index is 14.7. The second-order valence-corrected chi connectivity index (χ2v) is 11.4. The molecule has 12 heteroatoms. The highest BCUT2D eigenvalue weighted by Gasteiger charge is 2.35. The molecule has 1 N–H and O–H groups in total. The van der Waals surface area contributed by atoms with Gasteiger partial charge in [-0.15, -0.1) is 0 Å². The van der Waals surface area contributed by atoms with Crippen LogP contribution in [0.25, 0.3) is 0 Å². The van der Waals surface area contributed by atoms with Crippen LogP contribution in [0, 0.1) is 5.82 Å². The Labute approximate surface area is 222 Å². The predicted molar refractivity (Wildman–Crippen MR) is 141 cm³/mol. The summed E-state index contributed by atoms with van der Waals surface area (Å²) in [6.45, 7) is 4.38. The number of nitrogens with zero attached hydrogens (tertiary/aromatic N) is 3. The van der Waals surface area contributed by atoms with Crippen LogP contribution in [0.2, 0.25) is 10.0 Å². The monoisotopic (exact) mass is 560 g/mol. The van der Waals surface area contributed by atoms with E-state index in [1.165, 1.54) is 37.2 Å². The van der Waals surface area contributed by atoms with Gasteiger partial charge in [0, 0.05) is 42.3 Å². The Morgan fingerprint density at radius 3 is 2.11 bits per heavy atom. The molecule has 2 amide bonds. The van der Waals surface area contributed by atoms with Gasteiger partial charge in [-0.05, 0) is 44.5 Å². The smallest absolute Gasteiger partial charge is 0.304 e. The Bertz CT molecular complexity index is 1170. The van der Waals surface area contributed by atoms with Gasteiger partial charge in [0.1, 0.15) is 18.4 Å². The van der Waals surface area contributed by atoms with Crippen molar-refractivity contribution in [3.05, 3.63) is 63.9 Å². The van der Waals surface area contributed by atoms with Gasteiger partial charge >= 0.3 is 10.2 Å². The summed E-state index contributed by atoms with van der Waals surface area (Å²) >= 11 is 12.7. The fourth-order valence-electron chi connectivity index (χ4n) is 3.51. The summed E-state index contributed by atoms with van der Waals surface area (Å²) < 4.78 is 42.5. The van der Waals surface area contributed by atoms with Crippen molar-refractivity contribution in [1.29, 1.82) is 0 Å². The van der Waals surface area contributed by atoms with Crippen LogP contribution in [0.4, 0.5) is 10.1 Å². The van der Waals surface area contributed by atoms with Crippen molar-refractivity contribution in [3.8, 4) is 0 Å². The highest BCUT2D eigenvalue weighted by atomic mass is 35.5. The van der Waals surface area contributed by atoms with E-state index in [2.05, 4.69) is 5.32 Å². The zero-order chi connectivity index (χ0) is 27.2. The highest BCUT2D eigenvalue weighted by Crippen LogP contribution is 2.28. The van der Waals surface area contributed by atoms with Crippen LogP contribution in [0.3, 0.4) is 0 Å². The number of halogens is 3. The summed E-state index contributed by atoms with van der Waals surface area (Å²) in [5.74, 6) is -1.97. The number of benzene rings is 2. The lowest BCUT2D eigenvalue weighted by molar-refractivity contribution is -0.140. The molecule has 2 rings (SSSR count). The molecule has 0 saturated carbocycles. The Morgan fingerprint density at radius 1 is 1.03 bits per heavy atom. The number of hydrogen-bond acceptors (Lipinski definition) is 4. The highest BCUT2D eigenvalue weighted by molar-refractivity contribution is 7.90. The van der Waals surface area contributed by atoms with Crippen molar-refractivity contribution in [1.82, 2.24) is 14.5 Å². The molecule has 0 fully saturated rings. The van der Waals surface area contributed by atoms with Crippen molar-refractivity contribution >= 4 is 50.9 Å². The quantitative estimate of drug-likeness (QED) is 0.448. The lowest BCUT2D eigenvalue weighted by Crippen LogP contribution is -2.54. The Morgan fingerprint density at radius 2 is 1.61 bits per heavy atom. The van der Waals surface area contributed by atoms with Crippen LogP contribution in [0.5, 0.6) is 0 Å². The minimum atomic E-state index is -4.28. The number of anilines is 1. The first-order chi connectivity index (χ1) is 16.8. The molecule has 0 aliphatic carbocycles. The molecule has 0 saturated heterocycles. The number of carbonyl (C=O) groups is 2. The van der Waals surface area contributed by atoms with Gasteiger partial charge in [0.2, 0.25) is 11.8 Å². The van der Waals surface area contributed by atoms with Crippen LogP contribution in [0.15, 0.2) is 42.5 Å². The van der Waals surface area contributed by atoms with Gasteiger partial charge in [0.25, 0.3) is 0 Å². The fourth-order valence-corrected chi connectivity index (χ4v) is 5.09. The van der Waals surface area contributed by atoms with E-state index >= 15 is 0 Å². The summed E-state index contributed by atoms with van der Waals surface area (Å²) in [5, 5.41) is 3.36. The van der Waals surface area contributed by atoms with Crippen molar-refractivity contribution in [2.45, 2.75) is 45.8 Å². The maximum Gasteiger partial charge on any atom is 0.304 e. The largest absolute Gasteiger partial charge is 0.352 e. The van der Waals surface area contributed by atoms with Crippen LogP contribution in [0.1, 0.15) is 32.8 Å². The maximum absolute atomic E-state index is 14.7. The van der Waals surface area contributed by atoms with Gasteiger partial charge in [0.15, 0.2) is 0 Å². The van der Waals surface area contributed by atoms with E-state index in [-0.39, 0.29) is 34.7 Å². The molecule has 0 bridgehead atoms. The van der Waals surface area contributed by atoms with Gasteiger partial charge in [-0.25, -0.2) is 8.70 Å². The lowest BCUT2D eigenvalue weighted by Gasteiger charge is -2.34. The molecule has 0 heterocycles. The summed E-state index contributed by atoms with van der Waals surface area (Å²) in [5.41, 5.74) is 0.104. The van der Waals surface area contributed by atoms with Gasteiger partial charge in [-0.1, -0.05) is 48.3 Å². The van der Waals surface area contributed by atoms with Crippen LogP contribution >= 0.6 is 23.2 Å². The SMILES string of the molecule is CC[C@@H](C(=O)NC(C)C)N(Cc1c(Cl)cccc1Cl)C(=O)CN(c1ccccc1F)S(=O)(=O)N(C)C. The average Bonchev–Trinajstić information content (AvgIpc) is 2.79. The molecule has 0 aromatic heterocycles. The number of nitrogens with one attached hydrogen (secondary N) is 1. The molecular weight excluding hydrogens is 530 g/mol. The molecule has 8 nitrogen and oxygen atoms in total. The molecule has 0 unspecified atom stereocenters. The number of rotatable bonds is 11. The van der Waals surface area contributed by atoms with Gasteiger partial charge in [-0.3, -0.25) is 9.59 Å². The molecule has 0 aliphatic rings. The predicted octanol–water partition coefficient (Wildman–Crippen LogP) is 4.08. The molecule has 1 atom stereocenters. The van der Waals surface area contributed by atoms with E-state index in [1.54, 1.807) is 39.0 Å². The summed E-state index contributed by atoms with van der Waals surface area (Å²) in [6.07, 6.45) is 0.229. The molecule has 2 aromatic rings. The summed E-state index contributed by atoms with van der Waals surface area (Å²) in [6, 6.07) is 8.93. The molecule has 2 aromatic carbocycles. The standard InChI is InChI=1S/C24H31Cl2FN4O4S/c1-6-21(24(33)28-16(2)3)30(14-17-18(25)10-9-11-19(17)26)23(32)15-31(36(34,35)29(4)5)22-13-8-7-12-20(22)27/h7-13,16,21H,6,14-15H2,1-5H3,(H,28,33)/t21-/m0/s1. The minimum Gasteiger partial charge on any atom is -0.352 e.